The monoisotopic (exact) mass is 438 g/mol. The zero-order valence-electron chi connectivity index (χ0n) is 17.6. The van der Waals surface area contributed by atoms with E-state index in [1.54, 1.807) is 0 Å². The van der Waals surface area contributed by atoms with E-state index in [2.05, 4.69) is 40.4 Å². The number of aliphatic carboxylic acids is 2. The maximum absolute atomic E-state index is 9.55. The van der Waals surface area contributed by atoms with E-state index in [1.807, 2.05) is 24.3 Å². The van der Waals surface area contributed by atoms with Gasteiger partial charge in [0.2, 0.25) is 0 Å². The number of ether oxygens (including phenoxy) is 1. The minimum Gasteiger partial charge on any atom is -0.478 e. The molecule has 1 saturated heterocycles. The third kappa shape index (κ3) is 7.24. The Kier molecular flexibility index (Phi) is 8.39. The Labute approximate surface area is 185 Å². The number of hydrogen-bond donors (Lipinski definition) is 2. The van der Waals surface area contributed by atoms with Crippen LogP contribution >= 0.6 is 0 Å². The highest BCUT2D eigenvalue weighted by Gasteiger charge is 2.20. The van der Waals surface area contributed by atoms with Gasteiger partial charge >= 0.3 is 11.9 Å². The van der Waals surface area contributed by atoms with Gasteiger partial charge in [-0.2, -0.15) is 0 Å². The van der Waals surface area contributed by atoms with E-state index in [9.17, 15) is 9.59 Å². The summed E-state index contributed by atoms with van der Waals surface area (Å²) in [4.78, 5) is 21.6. The van der Waals surface area contributed by atoms with E-state index in [1.165, 1.54) is 18.4 Å². The van der Waals surface area contributed by atoms with Crippen LogP contribution in [-0.2, 0) is 16.1 Å². The number of carbonyl (C=O) groups is 2. The molecular weight excluding hydrogens is 412 g/mol. The second kappa shape index (κ2) is 11.7. The second-order valence-corrected chi connectivity index (χ2v) is 7.51. The van der Waals surface area contributed by atoms with Crippen molar-refractivity contribution < 1.29 is 29.1 Å². The van der Waals surface area contributed by atoms with Crippen molar-refractivity contribution in [3.63, 3.8) is 0 Å². The molecule has 0 amide bonds. The van der Waals surface area contributed by atoms with Crippen LogP contribution in [0.25, 0.3) is 11.0 Å². The first kappa shape index (κ1) is 23.0. The molecule has 1 aromatic heterocycles. The summed E-state index contributed by atoms with van der Waals surface area (Å²) in [6.07, 6.45) is 3.45. The van der Waals surface area contributed by atoms with Crippen LogP contribution in [0.1, 0.15) is 18.4 Å². The zero-order chi connectivity index (χ0) is 22.8. The van der Waals surface area contributed by atoms with Gasteiger partial charge in [-0.25, -0.2) is 9.59 Å². The summed E-state index contributed by atoms with van der Waals surface area (Å²) in [5.74, 6) is -1.30. The Morgan fingerprint density at radius 2 is 1.62 bits per heavy atom. The minimum absolute atomic E-state index is 0.558. The van der Waals surface area contributed by atoms with Crippen LogP contribution in [0, 0.1) is 5.92 Å². The molecule has 0 radical (unpaired) electrons. The lowest BCUT2D eigenvalue weighted by atomic mass is 9.97. The molecule has 0 unspecified atom stereocenters. The largest absolute Gasteiger partial charge is 0.478 e. The van der Waals surface area contributed by atoms with Gasteiger partial charge < -0.3 is 19.5 Å². The molecule has 2 heterocycles. The van der Waals surface area contributed by atoms with Crippen LogP contribution < -0.4 is 4.74 Å². The van der Waals surface area contributed by atoms with Gasteiger partial charge in [-0.05, 0) is 54.7 Å². The zero-order valence-corrected chi connectivity index (χ0v) is 17.6. The molecule has 0 atom stereocenters. The first-order valence-electron chi connectivity index (χ1n) is 10.4. The molecule has 4 rings (SSSR count). The summed E-state index contributed by atoms with van der Waals surface area (Å²) in [5, 5.41) is 20.6. The smallest absolute Gasteiger partial charge is 0.328 e. The summed E-state index contributed by atoms with van der Waals surface area (Å²) >= 11 is 0. The molecule has 2 N–H and O–H groups in total. The highest BCUT2D eigenvalue weighted by molar-refractivity contribution is 5.89. The predicted molar refractivity (Wildman–Crippen MR) is 118 cm³/mol. The quantitative estimate of drug-likeness (QED) is 0.535. The van der Waals surface area contributed by atoms with E-state index in [0.717, 1.165) is 37.2 Å². The SMILES string of the molecule is O=C(O)C=CC(=O)O.c1ccc(CN2CCC(COc3noc4ccccc34)CC2)cc1. The number of hydrogen-bond acceptors (Lipinski definition) is 6. The molecule has 32 heavy (non-hydrogen) atoms. The standard InChI is InChI=1S/C20H22N2O2.C4H4O4/c1-2-6-16(7-3-1)14-22-12-10-17(11-13-22)15-23-20-18-8-4-5-9-19(18)24-21-20;5-3(6)1-2-4(7)8/h1-9,17H,10-15H2;1-2H,(H,5,6)(H,7,8). The third-order valence-corrected chi connectivity index (χ3v) is 5.12. The molecule has 1 aliphatic rings. The van der Waals surface area contributed by atoms with E-state index >= 15 is 0 Å². The van der Waals surface area contributed by atoms with Gasteiger partial charge in [0, 0.05) is 18.7 Å². The lowest BCUT2D eigenvalue weighted by Gasteiger charge is -2.31. The Morgan fingerprint density at radius 1 is 1.00 bits per heavy atom. The van der Waals surface area contributed by atoms with E-state index < -0.39 is 11.9 Å². The number of aromatic nitrogens is 1. The average Bonchev–Trinajstić information content (AvgIpc) is 3.22. The van der Waals surface area contributed by atoms with Crippen molar-refractivity contribution in [2.24, 2.45) is 5.92 Å². The van der Waals surface area contributed by atoms with Gasteiger partial charge in [0.05, 0.1) is 12.0 Å². The minimum atomic E-state index is -1.26. The van der Waals surface area contributed by atoms with Crippen LogP contribution in [-0.4, -0.2) is 51.9 Å². The first-order chi connectivity index (χ1) is 15.5. The molecule has 8 nitrogen and oxygen atoms in total. The average molecular weight is 438 g/mol. The van der Waals surface area contributed by atoms with Crippen molar-refractivity contribution in [3.8, 4) is 5.88 Å². The second-order valence-electron chi connectivity index (χ2n) is 7.51. The number of piperidine rings is 1. The molecule has 0 spiro atoms. The Hall–Kier alpha value is -3.65. The molecule has 0 bridgehead atoms. The van der Waals surface area contributed by atoms with E-state index in [4.69, 9.17) is 19.5 Å². The summed E-state index contributed by atoms with van der Waals surface area (Å²) in [7, 11) is 0. The van der Waals surface area contributed by atoms with Crippen LogP contribution in [0.4, 0.5) is 0 Å². The Bertz CT molecular complexity index is 1020. The summed E-state index contributed by atoms with van der Waals surface area (Å²) in [6, 6.07) is 18.5. The highest BCUT2D eigenvalue weighted by atomic mass is 16.5. The normalized spacial score (nSPS) is 14.8. The number of carboxylic acids is 2. The van der Waals surface area contributed by atoms with Crippen molar-refractivity contribution in [2.45, 2.75) is 19.4 Å². The van der Waals surface area contributed by atoms with Crippen molar-refractivity contribution in [2.75, 3.05) is 19.7 Å². The summed E-state index contributed by atoms with van der Waals surface area (Å²) in [6.45, 7) is 4.02. The topological polar surface area (TPSA) is 113 Å². The lowest BCUT2D eigenvalue weighted by Crippen LogP contribution is -2.35. The number of para-hydroxylation sites is 1. The molecule has 2 aromatic carbocycles. The van der Waals surface area contributed by atoms with Crippen molar-refractivity contribution >= 4 is 22.9 Å². The fraction of sp³-hybridized carbons (Fsp3) is 0.292. The fourth-order valence-corrected chi connectivity index (χ4v) is 3.46. The highest BCUT2D eigenvalue weighted by Crippen LogP contribution is 2.26. The Balaban J connectivity index is 0.000000312. The first-order valence-corrected chi connectivity index (χ1v) is 10.4. The lowest BCUT2D eigenvalue weighted by molar-refractivity contribution is -0.134. The third-order valence-electron chi connectivity index (χ3n) is 5.12. The van der Waals surface area contributed by atoms with Gasteiger partial charge in [-0.3, -0.25) is 4.90 Å². The van der Waals surface area contributed by atoms with Crippen LogP contribution in [0.15, 0.2) is 71.3 Å². The van der Waals surface area contributed by atoms with Gasteiger partial charge in [0.1, 0.15) is 0 Å². The van der Waals surface area contributed by atoms with Gasteiger partial charge in [-0.15, -0.1) is 0 Å². The van der Waals surface area contributed by atoms with Crippen LogP contribution in [0.5, 0.6) is 5.88 Å². The molecule has 8 heteroatoms. The number of nitrogens with zero attached hydrogens (tertiary/aromatic N) is 2. The summed E-state index contributed by atoms with van der Waals surface area (Å²) < 4.78 is 11.2. The molecule has 168 valence electrons. The van der Waals surface area contributed by atoms with Gasteiger partial charge in [0.25, 0.3) is 5.88 Å². The maximum Gasteiger partial charge on any atom is 0.328 e. The molecule has 3 aromatic rings. The van der Waals surface area contributed by atoms with Crippen molar-refractivity contribution in [1.29, 1.82) is 0 Å². The maximum atomic E-state index is 9.55. The van der Waals surface area contributed by atoms with Crippen LogP contribution in [0.2, 0.25) is 0 Å². The number of rotatable bonds is 7. The van der Waals surface area contributed by atoms with Gasteiger partial charge in [-0.1, -0.05) is 42.5 Å². The Morgan fingerprint density at radius 3 is 2.28 bits per heavy atom. The molecule has 1 aliphatic heterocycles. The van der Waals surface area contributed by atoms with E-state index in [-0.39, 0.29) is 0 Å². The van der Waals surface area contributed by atoms with Crippen molar-refractivity contribution in [3.05, 3.63) is 72.3 Å². The van der Waals surface area contributed by atoms with Crippen molar-refractivity contribution in [1.82, 2.24) is 10.1 Å². The number of fused-ring (bicyclic) bond motifs is 1. The predicted octanol–water partition coefficient (Wildman–Crippen LogP) is 3.83. The number of likely N-dealkylation sites (tertiary alicyclic amines) is 1. The van der Waals surface area contributed by atoms with Crippen LogP contribution in [0.3, 0.4) is 0 Å². The molecule has 1 fully saturated rings. The number of benzene rings is 2. The summed E-state index contributed by atoms with van der Waals surface area (Å²) in [5.41, 5.74) is 2.17. The molecule has 0 saturated carbocycles. The van der Waals surface area contributed by atoms with Gasteiger partial charge in [0.15, 0.2) is 5.58 Å². The fourth-order valence-electron chi connectivity index (χ4n) is 3.46. The van der Waals surface area contributed by atoms with E-state index in [0.29, 0.717) is 23.9 Å². The molecular formula is C24H26N2O6. The number of carboxylic acid groups (broad SMARTS) is 2. The molecule has 0 aliphatic carbocycles.